The highest BCUT2D eigenvalue weighted by Gasteiger charge is 2.32. The van der Waals surface area contributed by atoms with E-state index in [0.29, 0.717) is 41.3 Å². The van der Waals surface area contributed by atoms with Crippen LogP contribution in [-0.2, 0) is 11.2 Å². The molecule has 9 heteroatoms. The number of thiophene rings is 1. The molecule has 218 valence electrons. The third-order valence-electron chi connectivity index (χ3n) is 7.36. The lowest BCUT2D eigenvalue weighted by atomic mass is 10.00. The van der Waals surface area contributed by atoms with Gasteiger partial charge in [0, 0.05) is 41.5 Å². The highest BCUT2D eigenvalue weighted by atomic mass is 32.1. The molecule has 2 aromatic heterocycles. The van der Waals surface area contributed by atoms with Crippen LogP contribution in [0.4, 0.5) is 4.39 Å². The number of benzene rings is 1. The number of aromatic carboxylic acids is 1. The summed E-state index contributed by atoms with van der Waals surface area (Å²) in [5, 5.41) is 11.1. The Hall–Kier alpha value is -4.37. The van der Waals surface area contributed by atoms with Crippen LogP contribution in [0.3, 0.4) is 0 Å². The van der Waals surface area contributed by atoms with Crippen LogP contribution >= 0.6 is 11.3 Å². The van der Waals surface area contributed by atoms with Crippen molar-refractivity contribution in [1.29, 1.82) is 0 Å². The Balaban J connectivity index is 0.00000198. The zero-order valence-electron chi connectivity index (χ0n) is 24.5. The van der Waals surface area contributed by atoms with Crippen LogP contribution in [0.5, 0.6) is 0 Å². The first-order chi connectivity index (χ1) is 20.2. The van der Waals surface area contributed by atoms with Gasteiger partial charge in [-0.3, -0.25) is 9.78 Å². The normalized spacial score (nSPS) is 17.1. The molecule has 7 nitrogen and oxygen atoms in total. The van der Waals surface area contributed by atoms with Gasteiger partial charge in [0.15, 0.2) is 0 Å². The third-order valence-corrected chi connectivity index (χ3v) is 8.35. The maximum atomic E-state index is 15.2. The van der Waals surface area contributed by atoms with Crippen LogP contribution in [0.1, 0.15) is 66.5 Å². The number of aromatic nitrogens is 1. The maximum absolute atomic E-state index is 15.2. The molecule has 0 saturated carbocycles. The Labute approximate surface area is 250 Å². The van der Waals surface area contributed by atoms with Crippen LogP contribution in [-0.4, -0.2) is 51.1 Å². The Kier molecular flexibility index (Phi) is 9.52. The van der Waals surface area contributed by atoms with E-state index in [9.17, 15) is 9.59 Å². The monoisotopic (exact) mass is 586 g/mol. The largest absolute Gasteiger partial charge is 0.478 e. The first-order valence-electron chi connectivity index (χ1n) is 14.0. The van der Waals surface area contributed by atoms with Crippen molar-refractivity contribution in [1.82, 2.24) is 14.8 Å². The Morgan fingerprint density at radius 1 is 1.21 bits per heavy atom. The Bertz CT molecular complexity index is 1600. The summed E-state index contributed by atoms with van der Waals surface area (Å²) in [6.45, 7) is 12.8. The summed E-state index contributed by atoms with van der Waals surface area (Å²) in [4.78, 5) is 38.6. The number of allylic oxidation sites excluding steroid dienone is 3. The van der Waals surface area contributed by atoms with Gasteiger partial charge in [0.1, 0.15) is 17.3 Å². The second-order valence-electron chi connectivity index (χ2n) is 9.73. The lowest BCUT2D eigenvalue weighted by Crippen LogP contribution is -2.42. The molecular formula is C33H35FN4O3S. The first-order valence-corrected chi connectivity index (χ1v) is 14.9. The second kappa shape index (κ2) is 13.1. The highest BCUT2D eigenvalue weighted by molar-refractivity contribution is 7.10. The second-order valence-corrected chi connectivity index (χ2v) is 10.7. The van der Waals surface area contributed by atoms with Crippen molar-refractivity contribution < 1.29 is 19.1 Å². The standard InChI is InChI=1S/C31H29FN4O3S.C2H6/c1-5-22-16-27(30(37)36-12-10-28-24(19(36)3)11-13-40-28)34-29(35(22)4)14-18(2)23-8-6-20(15-25(23)32)26-9-7-21(17-33-26)31(38)39;1-2/h6-9,11,13-17,19H,2,5,10,12H2,1,3-4H3,(H,38,39);1-2H3/b29-14-;. The number of nitrogens with zero attached hydrogens (tertiary/aromatic N) is 4. The van der Waals surface area contributed by atoms with Gasteiger partial charge in [0.2, 0.25) is 0 Å². The van der Waals surface area contributed by atoms with Gasteiger partial charge in [-0.25, -0.2) is 14.2 Å². The quantitative estimate of drug-likeness (QED) is 0.326. The molecule has 0 saturated heterocycles. The average Bonchev–Trinajstić information content (AvgIpc) is 3.49. The van der Waals surface area contributed by atoms with Crippen molar-refractivity contribution in [3.63, 3.8) is 0 Å². The number of carbonyl (C=O) groups is 2. The number of aliphatic imine (C=N–C) groups is 1. The SMILES string of the molecule is C=C(/C=C1/N=C(C(=O)N2CCc3sccc3C2C)C=C(CC)N1C)c1ccc(-c2ccc(C(=O)O)cn2)cc1F.CC. The zero-order chi connectivity index (χ0) is 30.6. The van der Waals surface area contributed by atoms with E-state index in [4.69, 9.17) is 10.1 Å². The van der Waals surface area contributed by atoms with Crippen molar-refractivity contribution in [2.45, 2.75) is 46.6 Å². The number of pyridine rings is 1. The number of carboxylic acid groups (broad SMARTS) is 1. The number of carboxylic acids is 1. The van der Waals surface area contributed by atoms with E-state index in [0.717, 1.165) is 12.1 Å². The number of fused-ring (bicyclic) bond motifs is 1. The fraction of sp³-hybridized carbons (Fsp3) is 0.273. The van der Waals surface area contributed by atoms with E-state index in [-0.39, 0.29) is 23.1 Å². The topological polar surface area (TPSA) is 86.1 Å². The molecule has 0 fully saturated rings. The third kappa shape index (κ3) is 6.11. The number of rotatable bonds is 6. The predicted molar refractivity (Wildman–Crippen MR) is 167 cm³/mol. The van der Waals surface area contributed by atoms with Gasteiger partial charge in [-0.1, -0.05) is 39.5 Å². The van der Waals surface area contributed by atoms with Gasteiger partial charge >= 0.3 is 5.97 Å². The van der Waals surface area contributed by atoms with E-state index in [1.54, 1.807) is 35.6 Å². The molecule has 1 aromatic carbocycles. The van der Waals surface area contributed by atoms with Crippen LogP contribution in [0.15, 0.2) is 83.2 Å². The van der Waals surface area contributed by atoms with Crippen LogP contribution in [0.25, 0.3) is 16.8 Å². The molecule has 1 N–H and O–H groups in total. The lowest BCUT2D eigenvalue weighted by molar-refractivity contribution is -0.126. The average molecular weight is 587 g/mol. The van der Waals surface area contributed by atoms with Crippen LogP contribution in [0, 0.1) is 5.82 Å². The molecule has 4 heterocycles. The number of hydrogen-bond acceptors (Lipinski definition) is 6. The van der Waals surface area contributed by atoms with Crippen molar-refractivity contribution in [2.75, 3.05) is 13.6 Å². The van der Waals surface area contributed by atoms with E-state index < -0.39 is 11.8 Å². The van der Waals surface area contributed by atoms with Crippen molar-refractivity contribution in [3.05, 3.63) is 106 Å². The summed E-state index contributed by atoms with van der Waals surface area (Å²) < 4.78 is 15.2. The van der Waals surface area contributed by atoms with Crippen molar-refractivity contribution >= 4 is 34.5 Å². The summed E-state index contributed by atoms with van der Waals surface area (Å²) in [6, 6.07) is 9.69. The molecule has 1 amide bonds. The van der Waals surface area contributed by atoms with E-state index in [2.05, 4.69) is 23.0 Å². The maximum Gasteiger partial charge on any atom is 0.337 e. The number of hydrogen-bond donors (Lipinski definition) is 1. The number of carbonyl (C=O) groups excluding carboxylic acids is 1. The summed E-state index contributed by atoms with van der Waals surface area (Å²) in [5.74, 6) is -1.20. The fourth-order valence-corrected chi connectivity index (χ4v) is 5.97. The highest BCUT2D eigenvalue weighted by Crippen LogP contribution is 2.34. The molecule has 1 atom stereocenters. The minimum Gasteiger partial charge on any atom is -0.478 e. The molecule has 1 unspecified atom stereocenters. The molecule has 2 aliphatic heterocycles. The molecule has 0 aliphatic carbocycles. The van der Waals surface area contributed by atoms with E-state index >= 15 is 4.39 Å². The molecule has 0 bridgehead atoms. The molecule has 2 aliphatic rings. The molecule has 5 rings (SSSR count). The van der Waals surface area contributed by atoms with Gasteiger partial charge < -0.3 is 14.9 Å². The van der Waals surface area contributed by atoms with Crippen LogP contribution in [0.2, 0.25) is 0 Å². The minimum absolute atomic E-state index is 0.0341. The zero-order valence-corrected chi connectivity index (χ0v) is 25.3. The van der Waals surface area contributed by atoms with Crippen molar-refractivity contribution in [2.24, 2.45) is 4.99 Å². The summed E-state index contributed by atoms with van der Waals surface area (Å²) in [7, 11) is 1.87. The lowest BCUT2D eigenvalue weighted by Gasteiger charge is -2.35. The fourth-order valence-electron chi connectivity index (χ4n) is 5.00. The molecule has 0 spiro atoms. The Morgan fingerprint density at radius 2 is 1.98 bits per heavy atom. The Morgan fingerprint density at radius 3 is 2.62 bits per heavy atom. The number of halogens is 1. The van der Waals surface area contributed by atoms with Gasteiger partial charge in [-0.2, -0.15) is 0 Å². The van der Waals surface area contributed by atoms with Gasteiger partial charge in [0.05, 0.1) is 17.3 Å². The summed E-state index contributed by atoms with van der Waals surface area (Å²) >= 11 is 1.73. The van der Waals surface area contributed by atoms with E-state index in [1.165, 1.54) is 28.8 Å². The van der Waals surface area contributed by atoms with E-state index in [1.807, 2.05) is 50.6 Å². The smallest absolute Gasteiger partial charge is 0.337 e. The van der Waals surface area contributed by atoms with Gasteiger partial charge in [0.25, 0.3) is 5.91 Å². The molecular weight excluding hydrogens is 551 g/mol. The van der Waals surface area contributed by atoms with Crippen LogP contribution < -0.4 is 0 Å². The van der Waals surface area contributed by atoms with Gasteiger partial charge in [-0.15, -0.1) is 11.3 Å². The predicted octanol–water partition coefficient (Wildman–Crippen LogP) is 7.35. The molecule has 3 aromatic rings. The summed E-state index contributed by atoms with van der Waals surface area (Å²) in [6.07, 6.45) is 6.27. The van der Waals surface area contributed by atoms with Gasteiger partial charge in [-0.05, 0) is 72.7 Å². The molecule has 0 radical (unpaired) electrons. The van der Waals surface area contributed by atoms with Crippen molar-refractivity contribution in [3.8, 4) is 11.3 Å². The summed E-state index contributed by atoms with van der Waals surface area (Å²) in [5.41, 5.74) is 4.19. The minimum atomic E-state index is -1.08. The number of amides is 1. The first kappa shape index (κ1) is 30.6. The molecule has 42 heavy (non-hydrogen) atoms.